The first-order chi connectivity index (χ1) is 9.97. The van der Waals surface area contributed by atoms with E-state index in [2.05, 4.69) is 28.3 Å². The first-order valence-electron chi connectivity index (χ1n) is 6.87. The van der Waals surface area contributed by atoms with Gasteiger partial charge >= 0.3 is 0 Å². The van der Waals surface area contributed by atoms with Crippen molar-refractivity contribution >= 4 is 48.8 Å². The first kappa shape index (κ1) is 15.0. The Morgan fingerprint density at radius 3 is 2.95 bits per heavy atom. The van der Waals surface area contributed by atoms with Crippen LogP contribution in [0.1, 0.15) is 18.2 Å². The Labute approximate surface area is 132 Å². The number of hydrogen-bond donors (Lipinski definition) is 1. The van der Waals surface area contributed by atoms with E-state index < -0.39 is 9.84 Å². The Morgan fingerprint density at radius 2 is 2.29 bits per heavy atom. The largest absolute Gasteiger partial charge is 0.369 e. The molecule has 1 aliphatic rings. The average molecular weight is 346 g/mol. The van der Waals surface area contributed by atoms with E-state index in [0.717, 1.165) is 16.6 Å². The number of anilines is 1. The molecule has 1 atom stereocenters. The molecule has 114 valence electrons. The molecule has 21 heavy (non-hydrogen) atoms. The van der Waals surface area contributed by atoms with Crippen molar-refractivity contribution in [3.63, 3.8) is 0 Å². The quantitative estimate of drug-likeness (QED) is 0.863. The van der Waals surface area contributed by atoms with Gasteiger partial charge in [-0.3, -0.25) is 0 Å². The molecule has 0 aromatic carbocycles. The molecule has 0 saturated carbocycles. The lowest BCUT2D eigenvalue weighted by molar-refractivity contribution is 0.596. The van der Waals surface area contributed by atoms with E-state index in [0.29, 0.717) is 18.8 Å². The minimum absolute atomic E-state index is 0.142. The fourth-order valence-corrected chi connectivity index (χ4v) is 5.58. The predicted octanol–water partition coefficient (Wildman–Crippen LogP) is 2.75. The monoisotopic (exact) mass is 345 g/mol. The fraction of sp³-hybridized carbons (Fsp3) is 0.538. The lowest BCUT2D eigenvalue weighted by Crippen LogP contribution is -2.16. The number of nitrogens with zero attached hydrogens (tertiary/aromatic N) is 2. The van der Waals surface area contributed by atoms with E-state index in [9.17, 15) is 8.42 Å². The summed E-state index contributed by atoms with van der Waals surface area (Å²) in [6.45, 7) is 2.69. The zero-order valence-corrected chi connectivity index (χ0v) is 14.0. The summed E-state index contributed by atoms with van der Waals surface area (Å²) in [5.41, 5.74) is 0. The van der Waals surface area contributed by atoms with Crippen molar-refractivity contribution in [1.82, 2.24) is 9.97 Å². The number of sulfone groups is 1. The highest BCUT2D eigenvalue weighted by Crippen LogP contribution is 2.30. The Kier molecular flexibility index (Phi) is 4.07. The number of rotatable bonds is 4. The summed E-state index contributed by atoms with van der Waals surface area (Å²) in [5.74, 6) is 1.39. The second kappa shape index (κ2) is 5.70. The maximum atomic E-state index is 11.5. The Balaban J connectivity index is 1.81. The minimum Gasteiger partial charge on any atom is -0.369 e. The van der Waals surface area contributed by atoms with Crippen molar-refractivity contribution in [2.45, 2.75) is 19.8 Å². The molecule has 0 bridgehead atoms. The summed E-state index contributed by atoms with van der Waals surface area (Å²) in [7, 11) is -2.85. The molecule has 2 aromatic heterocycles. The van der Waals surface area contributed by atoms with Gasteiger partial charge in [0.25, 0.3) is 0 Å². The average Bonchev–Trinajstić information content (AvgIpc) is 2.98. The number of thiophene rings is 1. The predicted molar refractivity (Wildman–Crippen MR) is 87.1 cm³/mol. The van der Waals surface area contributed by atoms with Gasteiger partial charge in [-0.2, -0.15) is 0 Å². The highest BCUT2D eigenvalue weighted by Gasteiger charge is 2.27. The number of fused-ring (bicyclic) bond motifs is 1. The molecule has 8 heteroatoms. The van der Waals surface area contributed by atoms with Crippen LogP contribution in [0.2, 0.25) is 5.28 Å². The van der Waals surface area contributed by atoms with E-state index in [-0.39, 0.29) is 22.7 Å². The molecular formula is C13H16ClN3O2S2. The van der Waals surface area contributed by atoms with Gasteiger partial charge in [0, 0.05) is 11.4 Å². The molecule has 0 aliphatic carbocycles. The van der Waals surface area contributed by atoms with Crippen LogP contribution in [-0.4, -0.2) is 36.4 Å². The maximum Gasteiger partial charge on any atom is 0.225 e. The number of aromatic nitrogens is 2. The topological polar surface area (TPSA) is 72.0 Å². The first-order valence-corrected chi connectivity index (χ1v) is 9.88. The van der Waals surface area contributed by atoms with Crippen LogP contribution in [0.3, 0.4) is 0 Å². The molecule has 3 rings (SSSR count). The molecule has 1 fully saturated rings. The van der Waals surface area contributed by atoms with Crippen LogP contribution in [-0.2, 0) is 16.3 Å². The van der Waals surface area contributed by atoms with E-state index >= 15 is 0 Å². The highest BCUT2D eigenvalue weighted by molar-refractivity contribution is 7.91. The van der Waals surface area contributed by atoms with Crippen molar-refractivity contribution in [2.24, 2.45) is 5.92 Å². The van der Waals surface area contributed by atoms with Gasteiger partial charge in [0.15, 0.2) is 9.84 Å². The second-order valence-corrected chi connectivity index (χ2v) is 8.96. The summed E-state index contributed by atoms with van der Waals surface area (Å²) in [6, 6.07) is 2.07. The van der Waals surface area contributed by atoms with Crippen LogP contribution in [0, 0.1) is 5.92 Å². The SMILES string of the molecule is CCc1cc2c(NCC3CCS(=O)(=O)C3)nc(Cl)nc2s1. The van der Waals surface area contributed by atoms with Crippen molar-refractivity contribution in [3.05, 3.63) is 16.2 Å². The van der Waals surface area contributed by atoms with Crippen LogP contribution in [0.5, 0.6) is 0 Å². The van der Waals surface area contributed by atoms with Crippen molar-refractivity contribution in [3.8, 4) is 0 Å². The second-order valence-electron chi connectivity index (χ2n) is 5.28. The van der Waals surface area contributed by atoms with Crippen LogP contribution in [0.15, 0.2) is 6.07 Å². The number of hydrogen-bond acceptors (Lipinski definition) is 6. The fourth-order valence-electron chi connectivity index (χ4n) is 2.53. The summed E-state index contributed by atoms with van der Waals surface area (Å²) < 4.78 is 23.0. The zero-order chi connectivity index (χ0) is 15.0. The Morgan fingerprint density at radius 1 is 1.48 bits per heavy atom. The molecule has 1 N–H and O–H groups in total. The number of nitrogens with one attached hydrogen (secondary N) is 1. The summed E-state index contributed by atoms with van der Waals surface area (Å²) >= 11 is 7.58. The standard InChI is InChI=1S/C13H16ClN3O2S2/c1-2-9-5-10-11(16-13(14)17-12(10)20-9)15-6-8-3-4-21(18,19)7-8/h5,8H,2-4,6-7H2,1H3,(H,15,16,17). The van der Waals surface area contributed by atoms with E-state index in [1.54, 1.807) is 11.3 Å². The molecule has 0 spiro atoms. The van der Waals surface area contributed by atoms with Crippen LogP contribution in [0.4, 0.5) is 5.82 Å². The molecule has 1 saturated heterocycles. The summed E-state index contributed by atoms with van der Waals surface area (Å²) in [5, 5.41) is 4.43. The molecule has 1 unspecified atom stereocenters. The van der Waals surface area contributed by atoms with Gasteiger partial charge in [0.05, 0.1) is 16.9 Å². The normalized spacial score (nSPS) is 21.0. The van der Waals surface area contributed by atoms with Gasteiger partial charge in [0.1, 0.15) is 10.6 Å². The number of halogens is 1. The molecule has 1 aliphatic heterocycles. The maximum absolute atomic E-state index is 11.5. The minimum atomic E-state index is -2.85. The third kappa shape index (κ3) is 3.30. The molecule has 0 amide bonds. The van der Waals surface area contributed by atoms with Gasteiger partial charge in [-0.1, -0.05) is 6.92 Å². The van der Waals surface area contributed by atoms with Gasteiger partial charge in [-0.15, -0.1) is 11.3 Å². The Hall–Kier alpha value is -0.920. The van der Waals surface area contributed by atoms with Gasteiger partial charge in [-0.05, 0) is 36.4 Å². The highest BCUT2D eigenvalue weighted by atomic mass is 35.5. The Bertz CT molecular complexity index is 773. The molecule has 5 nitrogen and oxygen atoms in total. The van der Waals surface area contributed by atoms with Gasteiger partial charge in [-0.25, -0.2) is 18.4 Å². The van der Waals surface area contributed by atoms with Crippen molar-refractivity contribution in [2.75, 3.05) is 23.4 Å². The molecule has 3 heterocycles. The van der Waals surface area contributed by atoms with E-state index in [4.69, 9.17) is 11.6 Å². The van der Waals surface area contributed by atoms with Gasteiger partial charge < -0.3 is 5.32 Å². The van der Waals surface area contributed by atoms with Crippen molar-refractivity contribution in [1.29, 1.82) is 0 Å². The lowest BCUT2D eigenvalue weighted by Gasteiger charge is -2.11. The molecular weight excluding hydrogens is 330 g/mol. The summed E-state index contributed by atoms with van der Waals surface area (Å²) in [4.78, 5) is 10.6. The van der Waals surface area contributed by atoms with Crippen LogP contribution in [0.25, 0.3) is 10.2 Å². The van der Waals surface area contributed by atoms with E-state index in [1.165, 1.54) is 4.88 Å². The lowest BCUT2D eigenvalue weighted by atomic mass is 10.1. The third-order valence-electron chi connectivity index (χ3n) is 3.65. The molecule has 0 radical (unpaired) electrons. The summed E-state index contributed by atoms with van der Waals surface area (Å²) in [6.07, 6.45) is 1.65. The number of aryl methyl sites for hydroxylation is 1. The van der Waals surface area contributed by atoms with Crippen LogP contribution >= 0.6 is 22.9 Å². The van der Waals surface area contributed by atoms with E-state index in [1.807, 2.05) is 0 Å². The van der Waals surface area contributed by atoms with Gasteiger partial charge in [0.2, 0.25) is 5.28 Å². The molecule has 2 aromatic rings. The van der Waals surface area contributed by atoms with Crippen LogP contribution < -0.4 is 5.32 Å². The third-order valence-corrected chi connectivity index (χ3v) is 6.83. The van der Waals surface area contributed by atoms with Crippen molar-refractivity contribution < 1.29 is 8.42 Å². The zero-order valence-electron chi connectivity index (χ0n) is 11.6. The smallest absolute Gasteiger partial charge is 0.225 e.